The summed E-state index contributed by atoms with van der Waals surface area (Å²) in [5.41, 5.74) is 0.593. The van der Waals surface area contributed by atoms with Crippen LogP contribution in [-0.2, 0) is 19.6 Å². The molecule has 0 radical (unpaired) electrons. The first-order valence-electron chi connectivity index (χ1n) is 9.65. The van der Waals surface area contributed by atoms with Gasteiger partial charge in [0.1, 0.15) is 16.4 Å². The van der Waals surface area contributed by atoms with Gasteiger partial charge in [-0.1, -0.05) is 19.1 Å². The molecule has 1 aliphatic heterocycles. The van der Waals surface area contributed by atoms with E-state index in [9.17, 15) is 18.0 Å². The Labute approximate surface area is 181 Å². The average Bonchev–Trinajstić information content (AvgIpc) is 2.80. The summed E-state index contributed by atoms with van der Waals surface area (Å²) in [5, 5.41) is 0. The second-order valence-corrected chi connectivity index (χ2v) is 8.51. The molecular formula is C21H24N2O7S. The predicted octanol–water partition coefficient (Wildman–Crippen LogP) is 1.96. The van der Waals surface area contributed by atoms with Gasteiger partial charge in [0.15, 0.2) is 0 Å². The van der Waals surface area contributed by atoms with Gasteiger partial charge >= 0.3 is 5.97 Å². The number of nitrogens with one attached hydrogen (secondary N) is 1. The first-order chi connectivity index (χ1) is 14.8. The highest BCUT2D eigenvalue weighted by atomic mass is 32.2. The highest BCUT2D eigenvalue weighted by Gasteiger charge is 2.35. The molecule has 1 amide bonds. The van der Waals surface area contributed by atoms with Crippen molar-refractivity contribution >= 4 is 27.6 Å². The van der Waals surface area contributed by atoms with Crippen molar-refractivity contribution in [2.75, 3.05) is 32.2 Å². The second kappa shape index (κ2) is 9.36. The minimum Gasteiger partial charge on any atom is -0.495 e. The SMILES string of the molecule is CCCNS(=O)(=O)c1cc(C(=O)N2C[C@@H](C(=O)OC)Oc3ccccc32)ccc1OC. The number of amides is 1. The number of carbonyl (C=O) groups is 2. The number of hydrogen-bond acceptors (Lipinski definition) is 7. The molecule has 9 nitrogen and oxygen atoms in total. The molecular weight excluding hydrogens is 424 g/mol. The zero-order valence-corrected chi connectivity index (χ0v) is 18.3. The fourth-order valence-electron chi connectivity index (χ4n) is 3.17. The molecule has 0 saturated carbocycles. The summed E-state index contributed by atoms with van der Waals surface area (Å²) in [6.07, 6.45) is -0.392. The lowest BCUT2D eigenvalue weighted by Crippen LogP contribution is -2.47. The van der Waals surface area contributed by atoms with Crippen LogP contribution in [0.1, 0.15) is 23.7 Å². The normalized spacial score (nSPS) is 15.6. The highest BCUT2D eigenvalue weighted by Crippen LogP contribution is 2.35. The van der Waals surface area contributed by atoms with E-state index in [0.29, 0.717) is 17.9 Å². The summed E-state index contributed by atoms with van der Waals surface area (Å²) in [5.74, 6) is -0.633. The van der Waals surface area contributed by atoms with Crippen LogP contribution in [0.5, 0.6) is 11.5 Å². The minimum absolute atomic E-state index is 0.0787. The number of fused-ring (bicyclic) bond motifs is 1. The molecule has 1 atom stereocenters. The molecule has 166 valence electrons. The molecule has 31 heavy (non-hydrogen) atoms. The summed E-state index contributed by atoms with van der Waals surface area (Å²) < 4.78 is 43.5. The summed E-state index contributed by atoms with van der Waals surface area (Å²) in [6, 6.07) is 11.0. The predicted molar refractivity (Wildman–Crippen MR) is 113 cm³/mol. The minimum atomic E-state index is -3.89. The van der Waals surface area contributed by atoms with Crippen LogP contribution in [0.4, 0.5) is 5.69 Å². The molecule has 0 aliphatic carbocycles. The van der Waals surface area contributed by atoms with Crippen molar-refractivity contribution in [2.24, 2.45) is 0 Å². The molecule has 0 spiro atoms. The van der Waals surface area contributed by atoms with Crippen LogP contribution in [-0.4, -0.2) is 53.7 Å². The van der Waals surface area contributed by atoms with E-state index < -0.39 is 28.0 Å². The number of para-hydroxylation sites is 2. The number of esters is 1. The zero-order chi connectivity index (χ0) is 22.6. The van der Waals surface area contributed by atoms with Crippen LogP contribution in [0, 0.1) is 0 Å². The smallest absolute Gasteiger partial charge is 0.348 e. The van der Waals surface area contributed by atoms with Crippen molar-refractivity contribution in [3.8, 4) is 11.5 Å². The van der Waals surface area contributed by atoms with E-state index in [2.05, 4.69) is 4.72 Å². The fourth-order valence-corrected chi connectivity index (χ4v) is 4.50. The average molecular weight is 448 g/mol. The number of sulfonamides is 1. The number of ether oxygens (including phenoxy) is 3. The molecule has 1 heterocycles. The third-order valence-electron chi connectivity index (χ3n) is 4.73. The third-order valence-corrected chi connectivity index (χ3v) is 6.21. The lowest BCUT2D eigenvalue weighted by Gasteiger charge is -2.33. The first-order valence-corrected chi connectivity index (χ1v) is 11.1. The summed E-state index contributed by atoms with van der Waals surface area (Å²) >= 11 is 0. The van der Waals surface area contributed by atoms with Gasteiger partial charge in [0.05, 0.1) is 26.5 Å². The van der Waals surface area contributed by atoms with Crippen molar-refractivity contribution in [3.63, 3.8) is 0 Å². The van der Waals surface area contributed by atoms with E-state index in [-0.39, 0.29) is 29.3 Å². The molecule has 0 unspecified atom stereocenters. The molecule has 2 aromatic carbocycles. The Morgan fingerprint density at radius 1 is 1.19 bits per heavy atom. The lowest BCUT2D eigenvalue weighted by atomic mass is 10.1. The van der Waals surface area contributed by atoms with Crippen molar-refractivity contribution in [1.29, 1.82) is 0 Å². The Hall–Kier alpha value is -3.11. The van der Waals surface area contributed by atoms with E-state index in [0.717, 1.165) is 0 Å². The maximum Gasteiger partial charge on any atom is 0.348 e. The van der Waals surface area contributed by atoms with Gasteiger partial charge in [-0.3, -0.25) is 4.79 Å². The maximum absolute atomic E-state index is 13.4. The van der Waals surface area contributed by atoms with Gasteiger partial charge in [0.2, 0.25) is 16.1 Å². The lowest BCUT2D eigenvalue weighted by molar-refractivity contribution is -0.148. The van der Waals surface area contributed by atoms with Gasteiger partial charge in [-0.2, -0.15) is 0 Å². The van der Waals surface area contributed by atoms with Gasteiger partial charge in [-0.05, 0) is 36.8 Å². The van der Waals surface area contributed by atoms with Crippen molar-refractivity contribution < 1.29 is 32.2 Å². The number of benzene rings is 2. The third kappa shape index (κ3) is 4.64. The standard InChI is InChI=1S/C21H24N2O7S/c1-4-11-22-31(26,27)19-12-14(9-10-17(19)28-2)20(24)23-13-18(21(25)29-3)30-16-8-6-5-7-15(16)23/h5-10,12,18,22H,4,11,13H2,1-3H3/t18-/m0/s1. The number of methoxy groups -OCH3 is 2. The second-order valence-electron chi connectivity index (χ2n) is 6.78. The molecule has 3 rings (SSSR count). The Morgan fingerprint density at radius 3 is 2.61 bits per heavy atom. The topological polar surface area (TPSA) is 111 Å². The fraction of sp³-hybridized carbons (Fsp3) is 0.333. The quantitative estimate of drug-likeness (QED) is 0.645. The molecule has 1 aliphatic rings. The summed E-state index contributed by atoms with van der Waals surface area (Å²) in [7, 11) is -1.29. The largest absolute Gasteiger partial charge is 0.495 e. The molecule has 0 saturated heterocycles. The molecule has 0 bridgehead atoms. The zero-order valence-electron chi connectivity index (χ0n) is 17.5. The van der Waals surface area contributed by atoms with Crippen molar-refractivity contribution in [3.05, 3.63) is 48.0 Å². The molecule has 0 aromatic heterocycles. The Bertz CT molecular complexity index is 1080. The highest BCUT2D eigenvalue weighted by molar-refractivity contribution is 7.89. The van der Waals surface area contributed by atoms with Gasteiger partial charge < -0.3 is 19.1 Å². The van der Waals surface area contributed by atoms with Crippen molar-refractivity contribution in [1.82, 2.24) is 4.72 Å². The molecule has 10 heteroatoms. The number of carbonyl (C=O) groups excluding carboxylic acids is 2. The van der Waals surface area contributed by atoms with Crippen LogP contribution >= 0.6 is 0 Å². The van der Waals surface area contributed by atoms with Crippen LogP contribution in [0.25, 0.3) is 0 Å². The van der Waals surface area contributed by atoms with E-state index in [1.807, 2.05) is 6.92 Å². The van der Waals surface area contributed by atoms with Gasteiger partial charge in [-0.15, -0.1) is 0 Å². The van der Waals surface area contributed by atoms with Crippen LogP contribution in [0.2, 0.25) is 0 Å². The van der Waals surface area contributed by atoms with E-state index in [1.165, 1.54) is 37.3 Å². The molecule has 2 aromatic rings. The van der Waals surface area contributed by atoms with Gasteiger partial charge in [-0.25, -0.2) is 17.9 Å². The van der Waals surface area contributed by atoms with E-state index in [1.54, 1.807) is 24.3 Å². The summed E-state index contributed by atoms with van der Waals surface area (Å²) in [6.45, 7) is 2.01. The van der Waals surface area contributed by atoms with Gasteiger partial charge in [0.25, 0.3) is 5.91 Å². The van der Waals surface area contributed by atoms with Crippen LogP contribution in [0.3, 0.4) is 0 Å². The van der Waals surface area contributed by atoms with Crippen molar-refractivity contribution in [2.45, 2.75) is 24.3 Å². The number of rotatable bonds is 7. The van der Waals surface area contributed by atoms with Crippen LogP contribution in [0.15, 0.2) is 47.4 Å². The molecule has 1 N–H and O–H groups in total. The Morgan fingerprint density at radius 2 is 1.94 bits per heavy atom. The first kappa shape index (κ1) is 22.6. The number of hydrogen-bond donors (Lipinski definition) is 1. The number of nitrogens with zero attached hydrogens (tertiary/aromatic N) is 1. The Balaban J connectivity index is 2.02. The van der Waals surface area contributed by atoms with Gasteiger partial charge in [0, 0.05) is 12.1 Å². The Kier molecular flexibility index (Phi) is 6.81. The van der Waals surface area contributed by atoms with E-state index >= 15 is 0 Å². The maximum atomic E-state index is 13.4. The number of anilines is 1. The molecule has 0 fully saturated rings. The summed E-state index contributed by atoms with van der Waals surface area (Å²) in [4.78, 5) is 26.7. The monoisotopic (exact) mass is 448 g/mol. The van der Waals surface area contributed by atoms with E-state index in [4.69, 9.17) is 14.2 Å². The van der Waals surface area contributed by atoms with Crippen LogP contribution < -0.4 is 19.1 Å².